The molecule has 2 rings (SSSR count). The van der Waals surface area contributed by atoms with E-state index < -0.39 is 23.9 Å². The minimum absolute atomic E-state index is 0.0721. The van der Waals surface area contributed by atoms with E-state index in [0.717, 1.165) is 11.1 Å². The molecule has 0 spiro atoms. The van der Waals surface area contributed by atoms with Crippen LogP contribution in [0, 0.1) is 5.92 Å². The van der Waals surface area contributed by atoms with Crippen molar-refractivity contribution < 1.29 is 19.5 Å². The van der Waals surface area contributed by atoms with Crippen molar-refractivity contribution in [3.8, 4) is 5.75 Å². The van der Waals surface area contributed by atoms with Gasteiger partial charge in [-0.2, -0.15) is 0 Å². The van der Waals surface area contributed by atoms with Crippen LogP contribution in [0.3, 0.4) is 0 Å². The Balaban J connectivity index is 2.44. The third-order valence-electron chi connectivity index (χ3n) is 5.67. The quantitative estimate of drug-likeness (QED) is 0.387. The van der Waals surface area contributed by atoms with Gasteiger partial charge in [0.05, 0.1) is 0 Å². The molecular formula is C25H34N4O4. The van der Waals surface area contributed by atoms with Crippen LogP contribution in [0.1, 0.15) is 37.8 Å². The zero-order valence-corrected chi connectivity index (χ0v) is 19.2. The Hall–Kier alpha value is -3.39. The molecule has 0 heterocycles. The summed E-state index contributed by atoms with van der Waals surface area (Å²) in [7, 11) is 0. The molecule has 0 fully saturated rings. The average Bonchev–Trinajstić information content (AvgIpc) is 2.79. The van der Waals surface area contributed by atoms with Crippen LogP contribution < -0.4 is 16.8 Å². The van der Waals surface area contributed by atoms with Crippen molar-refractivity contribution in [1.82, 2.24) is 10.2 Å². The number of hydrogen-bond acceptors (Lipinski definition) is 5. The largest absolute Gasteiger partial charge is 0.508 e. The molecule has 8 heteroatoms. The first-order valence-corrected chi connectivity index (χ1v) is 11.2. The summed E-state index contributed by atoms with van der Waals surface area (Å²) in [6.07, 6.45) is 0.906. The van der Waals surface area contributed by atoms with E-state index in [2.05, 4.69) is 5.32 Å². The summed E-state index contributed by atoms with van der Waals surface area (Å²) < 4.78 is 0. The molecule has 0 aliphatic heterocycles. The summed E-state index contributed by atoms with van der Waals surface area (Å²) in [6.45, 7) is 4.14. The number of aromatic hydroxyl groups is 1. The molecule has 3 amide bonds. The van der Waals surface area contributed by atoms with Crippen LogP contribution in [0.25, 0.3) is 0 Å². The Labute approximate surface area is 195 Å². The van der Waals surface area contributed by atoms with Crippen LogP contribution in [-0.2, 0) is 27.3 Å². The number of phenols is 1. The fourth-order valence-corrected chi connectivity index (χ4v) is 3.72. The maximum atomic E-state index is 13.8. The third-order valence-corrected chi connectivity index (χ3v) is 5.67. The minimum Gasteiger partial charge on any atom is -0.508 e. The third kappa shape index (κ3) is 7.61. The van der Waals surface area contributed by atoms with Crippen molar-refractivity contribution in [3.05, 3.63) is 65.7 Å². The summed E-state index contributed by atoms with van der Waals surface area (Å²) >= 11 is 0. The second-order valence-electron chi connectivity index (χ2n) is 8.21. The number of hydrogen-bond donors (Lipinski definition) is 4. The highest BCUT2D eigenvalue weighted by molar-refractivity contribution is 5.92. The lowest BCUT2D eigenvalue weighted by molar-refractivity contribution is -0.144. The molecule has 0 saturated carbocycles. The predicted octanol–water partition coefficient (Wildman–Crippen LogP) is 1.70. The van der Waals surface area contributed by atoms with E-state index in [1.807, 2.05) is 44.2 Å². The number of rotatable bonds is 12. The SMILES string of the molecule is CCC(C)C(C(N)=O)N(Cc1ccccc1)C(=O)C(Cc1ccc(O)cc1)NC(=O)CCN. The monoisotopic (exact) mass is 454 g/mol. The fourth-order valence-electron chi connectivity index (χ4n) is 3.72. The molecule has 8 nitrogen and oxygen atoms in total. The van der Waals surface area contributed by atoms with E-state index in [1.54, 1.807) is 12.1 Å². The highest BCUT2D eigenvalue weighted by Gasteiger charge is 2.36. The first-order chi connectivity index (χ1) is 15.8. The molecule has 0 radical (unpaired) electrons. The molecule has 6 N–H and O–H groups in total. The van der Waals surface area contributed by atoms with Crippen molar-refractivity contribution in [2.24, 2.45) is 17.4 Å². The van der Waals surface area contributed by atoms with Gasteiger partial charge in [0.1, 0.15) is 17.8 Å². The summed E-state index contributed by atoms with van der Waals surface area (Å²) in [5.74, 6) is -1.42. The zero-order chi connectivity index (χ0) is 24.4. The lowest BCUT2D eigenvalue weighted by Gasteiger charge is -2.36. The number of benzene rings is 2. The molecule has 33 heavy (non-hydrogen) atoms. The van der Waals surface area contributed by atoms with Crippen LogP contribution in [0.5, 0.6) is 5.75 Å². The van der Waals surface area contributed by atoms with Gasteiger partial charge in [0.25, 0.3) is 0 Å². The van der Waals surface area contributed by atoms with Gasteiger partial charge in [-0.25, -0.2) is 0 Å². The number of phenolic OH excluding ortho intramolecular Hbond substituents is 1. The lowest BCUT2D eigenvalue weighted by Crippen LogP contribution is -2.57. The van der Waals surface area contributed by atoms with Crippen molar-refractivity contribution in [2.75, 3.05) is 6.54 Å². The van der Waals surface area contributed by atoms with Gasteiger partial charge in [-0.15, -0.1) is 0 Å². The number of nitrogens with zero attached hydrogens (tertiary/aromatic N) is 1. The standard InChI is InChI=1S/C25H34N4O4/c1-3-17(2)23(24(27)32)29(16-19-7-5-4-6-8-19)25(33)21(28-22(31)13-14-26)15-18-9-11-20(30)12-10-18/h4-12,17,21,23,30H,3,13-16,26H2,1-2H3,(H2,27,32)(H,28,31). The number of carbonyl (C=O) groups excluding carboxylic acids is 3. The zero-order valence-electron chi connectivity index (χ0n) is 19.2. The minimum atomic E-state index is -0.928. The number of nitrogens with one attached hydrogen (secondary N) is 1. The Kier molecular flexibility index (Phi) is 9.87. The second kappa shape index (κ2) is 12.6. The van der Waals surface area contributed by atoms with Gasteiger partial charge in [-0.3, -0.25) is 14.4 Å². The first kappa shape index (κ1) is 25.9. The first-order valence-electron chi connectivity index (χ1n) is 11.2. The predicted molar refractivity (Wildman–Crippen MR) is 127 cm³/mol. The van der Waals surface area contributed by atoms with Gasteiger partial charge in [0.15, 0.2) is 0 Å². The van der Waals surface area contributed by atoms with Crippen LogP contribution in [-0.4, -0.2) is 46.4 Å². The number of carbonyl (C=O) groups is 3. The summed E-state index contributed by atoms with van der Waals surface area (Å²) in [6, 6.07) is 14.0. The highest BCUT2D eigenvalue weighted by atomic mass is 16.3. The van der Waals surface area contributed by atoms with Crippen LogP contribution in [0.15, 0.2) is 54.6 Å². The molecule has 2 aromatic carbocycles. The smallest absolute Gasteiger partial charge is 0.246 e. The number of nitrogens with two attached hydrogens (primary N) is 2. The summed E-state index contributed by atoms with van der Waals surface area (Å²) in [5.41, 5.74) is 12.9. The van der Waals surface area contributed by atoms with E-state index in [4.69, 9.17) is 11.5 Å². The summed E-state index contributed by atoms with van der Waals surface area (Å²) in [5, 5.41) is 12.4. The van der Waals surface area contributed by atoms with Gasteiger partial charge in [0, 0.05) is 25.9 Å². The van der Waals surface area contributed by atoms with Gasteiger partial charge in [-0.1, -0.05) is 62.7 Å². The molecule has 0 saturated heterocycles. The van der Waals surface area contributed by atoms with Crippen LogP contribution in [0.4, 0.5) is 0 Å². The van der Waals surface area contributed by atoms with E-state index in [0.29, 0.717) is 6.42 Å². The second-order valence-corrected chi connectivity index (χ2v) is 8.21. The van der Waals surface area contributed by atoms with Gasteiger partial charge >= 0.3 is 0 Å². The Morgan fingerprint density at radius 3 is 2.21 bits per heavy atom. The van der Waals surface area contributed by atoms with Crippen molar-refractivity contribution in [3.63, 3.8) is 0 Å². The molecule has 0 aliphatic rings. The number of amides is 3. The fraction of sp³-hybridized carbons (Fsp3) is 0.400. The average molecular weight is 455 g/mol. The normalized spacial score (nSPS) is 13.5. The lowest BCUT2D eigenvalue weighted by atomic mass is 9.94. The Bertz CT molecular complexity index is 918. The summed E-state index contributed by atoms with van der Waals surface area (Å²) in [4.78, 5) is 40.2. The van der Waals surface area contributed by atoms with E-state index in [9.17, 15) is 19.5 Å². The van der Waals surface area contributed by atoms with E-state index in [-0.39, 0.29) is 43.5 Å². The van der Waals surface area contributed by atoms with Gasteiger partial charge in [0.2, 0.25) is 17.7 Å². The van der Waals surface area contributed by atoms with Crippen LogP contribution >= 0.6 is 0 Å². The van der Waals surface area contributed by atoms with Crippen molar-refractivity contribution in [2.45, 2.75) is 51.7 Å². The maximum Gasteiger partial charge on any atom is 0.246 e. The van der Waals surface area contributed by atoms with Gasteiger partial charge < -0.3 is 26.8 Å². The molecule has 3 atom stereocenters. The molecular weight excluding hydrogens is 420 g/mol. The highest BCUT2D eigenvalue weighted by Crippen LogP contribution is 2.21. The van der Waals surface area contributed by atoms with E-state index >= 15 is 0 Å². The topological polar surface area (TPSA) is 139 Å². The van der Waals surface area contributed by atoms with E-state index in [1.165, 1.54) is 17.0 Å². The maximum absolute atomic E-state index is 13.8. The molecule has 3 unspecified atom stereocenters. The van der Waals surface area contributed by atoms with Crippen molar-refractivity contribution >= 4 is 17.7 Å². The molecule has 0 bridgehead atoms. The molecule has 0 aliphatic carbocycles. The van der Waals surface area contributed by atoms with Gasteiger partial charge in [-0.05, 0) is 29.2 Å². The Morgan fingerprint density at radius 1 is 1.03 bits per heavy atom. The Morgan fingerprint density at radius 2 is 1.67 bits per heavy atom. The van der Waals surface area contributed by atoms with Crippen LogP contribution in [0.2, 0.25) is 0 Å². The molecule has 2 aromatic rings. The number of primary amides is 1. The molecule has 0 aromatic heterocycles. The van der Waals surface area contributed by atoms with Crippen molar-refractivity contribution in [1.29, 1.82) is 0 Å². The molecule has 178 valence electrons.